The number of nitrogens with one attached hydrogen (secondary N) is 1. The summed E-state index contributed by atoms with van der Waals surface area (Å²) in [6.45, 7) is 4.61. The lowest BCUT2D eigenvalue weighted by Crippen LogP contribution is -2.54. The summed E-state index contributed by atoms with van der Waals surface area (Å²) in [5.41, 5.74) is 7.78. The lowest BCUT2D eigenvalue weighted by molar-refractivity contribution is 0.232. The van der Waals surface area contributed by atoms with Crippen molar-refractivity contribution in [2.75, 3.05) is 30.0 Å². The molecule has 0 saturated carbocycles. The molecule has 146 valence electrons. The van der Waals surface area contributed by atoms with Gasteiger partial charge in [-0.2, -0.15) is 0 Å². The maximum Gasteiger partial charge on any atom is 0.214 e. The fourth-order valence-corrected chi connectivity index (χ4v) is 3.67. The topological polar surface area (TPSA) is 122 Å². The summed E-state index contributed by atoms with van der Waals surface area (Å²) in [5, 5.41) is 8.17. The first-order chi connectivity index (χ1) is 12.6. The Morgan fingerprint density at radius 3 is 2.70 bits per heavy atom. The van der Waals surface area contributed by atoms with E-state index in [1.165, 1.54) is 12.5 Å². The van der Waals surface area contributed by atoms with Crippen molar-refractivity contribution in [2.45, 2.75) is 25.2 Å². The Hall–Kier alpha value is -2.68. The molecule has 2 aromatic heterocycles. The largest absolute Gasteiger partial charge is 0.475 e. The van der Waals surface area contributed by atoms with Crippen molar-refractivity contribution < 1.29 is 14.6 Å². The lowest BCUT2D eigenvalue weighted by Gasteiger charge is -2.38. The normalized spacial score (nSPS) is 14.9. The third-order valence-corrected chi connectivity index (χ3v) is 5.86. The molecular formula is C18H25N5O3S. The summed E-state index contributed by atoms with van der Waals surface area (Å²) in [5.74, 6) is 1.05. The molecule has 0 aromatic carbocycles. The van der Waals surface area contributed by atoms with Gasteiger partial charge in [0, 0.05) is 44.2 Å². The van der Waals surface area contributed by atoms with Crippen LogP contribution in [0.2, 0.25) is 0 Å². The van der Waals surface area contributed by atoms with Crippen LogP contribution in [0.1, 0.15) is 26.4 Å². The maximum absolute atomic E-state index is 11.6. The molecule has 0 atom stereocenters. The molecule has 3 N–H and O–H groups in total. The van der Waals surface area contributed by atoms with Crippen molar-refractivity contribution in [2.24, 2.45) is 0 Å². The third kappa shape index (κ3) is 4.19. The Morgan fingerprint density at radius 1 is 1.37 bits per heavy atom. The number of nitrogens with zero attached hydrogens (tertiary/aromatic N) is 3. The van der Waals surface area contributed by atoms with Crippen molar-refractivity contribution in [3.05, 3.63) is 41.7 Å². The Balaban J connectivity index is 0.00000280. The summed E-state index contributed by atoms with van der Waals surface area (Å²) < 4.78 is 28.8. The zero-order valence-electron chi connectivity index (χ0n) is 15.5. The number of nitrogens with two attached hydrogens (primary N) is 1. The van der Waals surface area contributed by atoms with Gasteiger partial charge in [-0.25, -0.2) is 18.4 Å². The third-order valence-electron chi connectivity index (χ3n) is 4.35. The average Bonchev–Trinajstić information content (AvgIpc) is 2.53. The molecular weight excluding hydrogens is 366 g/mol. The van der Waals surface area contributed by atoms with Gasteiger partial charge in [0.25, 0.3) is 0 Å². The van der Waals surface area contributed by atoms with Crippen molar-refractivity contribution in [1.82, 2.24) is 9.97 Å². The summed E-state index contributed by atoms with van der Waals surface area (Å²) in [7, 11) is -3.05. The minimum Gasteiger partial charge on any atom is -0.475 e. The number of hydrogen-bond donors (Lipinski definition) is 2. The number of sulfone groups is 1. The first-order valence-corrected chi connectivity index (χ1v) is 10.5. The monoisotopic (exact) mass is 391 g/mol. The number of pyridine rings is 2. The number of aromatic nitrogens is 2. The Morgan fingerprint density at radius 2 is 2.07 bits per heavy atom. The highest BCUT2D eigenvalue weighted by Gasteiger charge is 2.35. The first-order valence-electron chi connectivity index (χ1n) is 8.56. The zero-order valence-corrected chi connectivity index (χ0v) is 16.3. The molecule has 1 aliphatic heterocycles. The second-order valence-corrected chi connectivity index (χ2v) is 9.24. The highest BCUT2D eigenvalue weighted by molar-refractivity contribution is 7.91. The van der Waals surface area contributed by atoms with Crippen molar-refractivity contribution >= 4 is 27.1 Å². The fraction of sp³-hybridized carbons (Fsp3) is 0.389. The van der Waals surface area contributed by atoms with E-state index >= 15 is 0 Å². The molecule has 1 aliphatic rings. The summed E-state index contributed by atoms with van der Waals surface area (Å²) >= 11 is 0. The summed E-state index contributed by atoms with van der Waals surface area (Å²) in [6, 6.07) is 5.15. The van der Waals surface area contributed by atoms with Gasteiger partial charge in [-0.05, 0) is 26.0 Å². The highest BCUT2D eigenvalue weighted by Crippen LogP contribution is 2.25. The average molecular weight is 391 g/mol. The molecule has 1 saturated heterocycles. The van der Waals surface area contributed by atoms with Gasteiger partial charge in [0.15, 0.2) is 9.84 Å². The highest BCUT2D eigenvalue weighted by atomic mass is 32.2. The second-order valence-electron chi connectivity index (χ2n) is 6.91. The van der Waals surface area contributed by atoms with Gasteiger partial charge in [-0.3, -0.25) is 5.41 Å². The van der Waals surface area contributed by atoms with Crippen molar-refractivity contribution in [1.29, 1.82) is 5.41 Å². The molecule has 0 amide bonds. The minimum atomic E-state index is -3.05. The number of anilines is 2. The standard InChI is InChI=1S/C18H23N5O3S.H2/c1-11(2)26-17-7-14(15(19)8-22-17)18(20)12-4-5-21-16(6-12)23-9-13(10-23)27(3,24)25;/h4-8,11,13,20H,9-10,19H2,1-3H3;1H. The van der Waals surface area contributed by atoms with E-state index in [2.05, 4.69) is 9.97 Å². The van der Waals surface area contributed by atoms with Crippen molar-refractivity contribution in [3.63, 3.8) is 0 Å². The number of nitrogen functional groups attached to an aromatic ring is 1. The predicted molar refractivity (Wildman–Crippen MR) is 108 cm³/mol. The van der Waals surface area contributed by atoms with Crippen LogP contribution in [0, 0.1) is 5.41 Å². The molecule has 2 aromatic rings. The Kier molecular flexibility index (Phi) is 5.05. The van der Waals surface area contributed by atoms with Gasteiger partial charge < -0.3 is 15.4 Å². The van der Waals surface area contributed by atoms with Crippen LogP contribution < -0.4 is 15.4 Å². The molecule has 9 heteroatoms. The van der Waals surface area contributed by atoms with E-state index in [-0.39, 0.29) is 18.5 Å². The maximum atomic E-state index is 11.6. The molecule has 0 spiro atoms. The Bertz CT molecular complexity index is 975. The van der Waals surface area contributed by atoms with Gasteiger partial charge in [-0.1, -0.05) is 0 Å². The quantitative estimate of drug-likeness (QED) is 0.719. The molecule has 3 rings (SSSR count). The van der Waals surface area contributed by atoms with E-state index in [0.29, 0.717) is 41.6 Å². The van der Waals surface area contributed by atoms with Crippen molar-refractivity contribution in [3.8, 4) is 5.88 Å². The van der Waals surface area contributed by atoms with Gasteiger partial charge in [0.2, 0.25) is 5.88 Å². The van der Waals surface area contributed by atoms with Gasteiger partial charge in [-0.15, -0.1) is 0 Å². The summed E-state index contributed by atoms with van der Waals surface area (Å²) in [4.78, 5) is 10.3. The summed E-state index contributed by atoms with van der Waals surface area (Å²) in [6.07, 6.45) is 4.30. The van der Waals surface area contributed by atoms with E-state index in [1.807, 2.05) is 18.7 Å². The molecule has 27 heavy (non-hydrogen) atoms. The number of hydrogen-bond acceptors (Lipinski definition) is 8. The minimum absolute atomic E-state index is 0. The zero-order chi connectivity index (χ0) is 19.8. The van der Waals surface area contributed by atoms with Gasteiger partial charge >= 0.3 is 0 Å². The molecule has 0 aliphatic carbocycles. The van der Waals surface area contributed by atoms with E-state index in [9.17, 15) is 8.42 Å². The van der Waals surface area contributed by atoms with E-state index in [0.717, 1.165) is 0 Å². The van der Waals surface area contributed by atoms with Crippen LogP contribution in [0.25, 0.3) is 0 Å². The van der Waals surface area contributed by atoms with Gasteiger partial charge in [0.05, 0.1) is 28.9 Å². The molecule has 8 nitrogen and oxygen atoms in total. The van der Waals surface area contributed by atoms with E-state index in [1.54, 1.807) is 24.4 Å². The molecule has 1 fully saturated rings. The smallest absolute Gasteiger partial charge is 0.214 e. The molecule has 0 bridgehead atoms. The molecule has 0 radical (unpaired) electrons. The number of rotatable bonds is 6. The van der Waals surface area contributed by atoms with Crippen LogP contribution >= 0.6 is 0 Å². The van der Waals surface area contributed by atoms with Crippen LogP contribution in [0.4, 0.5) is 11.5 Å². The Labute approximate surface area is 160 Å². The number of ether oxygens (including phenoxy) is 1. The van der Waals surface area contributed by atoms with Gasteiger partial charge in [0.1, 0.15) is 5.82 Å². The van der Waals surface area contributed by atoms with Crippen LogP contribution in [0.5, 0.6) is 5.88 Å². The predicted octanol–water partition coefficient (Wildman–Crippen LogP) is 1.74. The first kappa shape index (κ1) is 19.1. The fourth-order valence-electron chi connectivity index (χ4n) is 2.77. The van der Waals surface area contributed by atoms with Crippen LogP contribution in [-0.4, -0.2) is 54.8 Å². The lowest BCUT2D eigenvalue weighted by atomic mass is 10.0. The van der Waals surface area contributed by atoms with Crippen LogP contribution in [0.3, 0.4) is 0 Å². The molecule has 0 unspecified atom stereocenters. The SMILES string of the molecule is CC(C)Oc1cc(C(=N)c2ccnc(N3CC(S(C)(=O)=O)C3)c2)c(N)cn1.[HH]. The molecule has 3 heterocycles. The second kappa shape index (κ2) is 7.15. The van der Waals surface area contributed by atoms with Crippen LogP contribution in [0.15, 0.2) is 30.6 Å². The van der Waals surface area contributed by atoms with Crippen LogP contribution in [-0.2, 0) is 9.84 Å². The van der Waals surface area contributed by atoms with E-state index in [4.69, 9.17) is 15.9 Å². The van der Waals surface area contributed by atoms with E-state index < -0.39 is 9.84 Å².